The van der Waals surface area contributed by atoms with Crippen molar-refractivity contribution in [3.63, 3.8) is 0 Å². The third-order valence-electron chi connectivity index (χ3n) is 1.36. The summed E-state index contributed by atoms with van der Waals surface area (Å²) in [5.74, 6) is 0. The normalized spacial score (nSPS) is 13.1. The predicted molar refractivity (Wildman–Crippen MR) is 41.2 cm³/mol. The molecule has 1 unspecified atom stereocenters. The number of hydrogen-bond donors (Lipinski definition) is 0. The quantitative estimate of drug-likeness (QED) is 0.581. The molecule has 0 fully saturated rings. The first-order chi connectivity index (χ1) is 4.72. The molecular formula is C7H13ClO2. The first-order valence-corrected chi connectivity index (χ1v) is 3.82. The van der Waals surface area contributed by atoms with Crippen molar-refractivity contribution in [3.05, 3.63) is 0 Å². The molecule has 0 heterocycles. The van der Waals surface area contributed by atoms with Crippen LogP contribution in [0.2, 0.25) is 0 Å². The van der Waals surface area contributed by atoms with E-state index in [2.05, 4.69) is 6.92 Å². The molecule has 0 N–H and O–H groups in total. The minimum absolute atomic E-state index is 0.393. The fourth-order valence-corrected chi connectivity index (χ4v) is 0.912. The maximum Gasteiger partial charge on any atom is 0.250 e. The molecule has 0 radical (unpaired) electrons. The minimum atomic E-state index is -0.401. The van der Waals surface area contributed by atoms with Crippen LogP contribution in [-0.4, -0.2) is 18.5 Å². The van der Waals surface area contributed by atoms with Crippen molar-refractivity contribution in [2.45, 2.75) is 32.3 Å². The van der Waals surface area contributed by atoms with Gasteiger partial charge in [0.05, 0.1) is 0 Å². The number of carbonyl (C=O) groups excluding carboxylic acids is 1. The van der Waals surface area contributed by atoms with Crippen molar-refractivity contribution in [1.29, 1.82) is 0 Å². The van der Waals surface area contributed by atoms with Gasteiger partial charge in [-0.05, 0) is 18.0 Å². The van der Waals surface area contributed by atoms with Crippen LogP contribution in [0.25, 0.3) is 0 Å². The van der Waals surface area contributed by atoms with Gasteiger partial charge >= 0.3 is 0 Å². The Morgan fingerprint density at radius 3 is 2.60 bits per heavy atom. The molecule has 0 aromatic heterocycles. The molecular weight excluding hydrogens is 152 g/mol. The fourth-order valence-electron chi connectivity index (χ4n) is 0.714. The van der Waals surface area contributed by atoms with E-state index in [-0.39, 0.29) is 0 Å². The van der Waals surface area contributed by atoms with Gasteiger partial charge in [0.1, 0.15) is 6.10 Å². The highest BCUT2D eigenvalue weighted by atomic mass is 35.5. The van der Waals surface area contributed by atoms with Crippen molar-refractivity contribution in [3.8, 4) is 0 Å². The lowest BCUT2D eigenvalue weighted by Crippen LogP contribution is -2.17. The van der Waals surface area contributed by atoms with Gasteiger partial charge in [-0.15, -0.1) is 0 Å². The zero-order chi connectivity index (χ0) is 7.98. The van der Waals surface area contributed by atoms with E-state index in [1.165, 1.54) is 7.11 Å². The highest BCUT2D eigenvalue weighted by Crippen LogP contribution is 2.06. The van der Waals surface area contributed by atoms with Crippen LogP contribution >= 0.6 is 11.6 Å². The van der Waals surface area contributed by atoms with Gasteiger partial charge in [-0.3, -0.25) is 4.79 Å². The molecule has 3 heteroatoms. The Morgan fingerprint density at radius 2 is 2.30 bits per heavy atom. The highest BCUT2D eigenvalue weighted by Gasteiger charge is 2.13. The zero-order valence-electron chi connectivity index (χ0n) is 6.39. The summed E-state index contributed by atoms with van der Waals surface area (Å²) in [7, 11) is 1.50. The second kappa shape index (κ2) is 5.69. The average Bonchev–Trinajstić information content (AvgIpc) is 1.89. The lowest BCUT2D eigenvalue weighted by Gasteiger charge is -2.08. The Morgan fingerprint density at radius 1 is 1.70 bits per heavy atom. The van der Waals surface area contributed by atoms with Crippen molar-refractivity contribution in [1.82, 2.24) is 0 Å². The summed E-state index contributed by atoms with van der Waals surface area (Å²) in [6.45, 7) is 2.06. The molecule has 2 nitrogen and oxygen atoms in total. The number of hydrogen-bond acceptors (Lipinski definition) is 2. The van der Waals surface area contributed by atoms with Gasteiger partial charge in [-0.25, -0.2) is 0 Å². The predicted octanol–water partition coefficient (Wildman–Crippen LogP) is 1.96. The summed E-state index contributed by atoms with van der Waals surface area (Å²) in [6, 6.07) is 0. The molecule has 0 amide bonds. The molecule has 0 spiro atoms. The second-order valence-corrected chi connectivity index (χ2v) is 2.54. The van der Waals surface area contributed by atoms with Crippen LogP contribution in [0, 0.1) is 0 Å². The Hall–Kier alpha value is -0.0800. The first-order valence-electron chi connectivity index (χ1n) is 3.44. The monoisotopic (exact) mass is 164 g/mol. The van der Waals surface area contributed by atoms with E-state index in [1.807, 2.05) is 0 Å². The Bertz CT molecular complexity index is 104. The topological polar surface area (TPSA) is 26.3 Å². The van der Waals surface area contributed by atoms with E-state index < -0.39 is 11.3 Å². The van der Waals surface area contributed by atoms with Crippen LogP contribution in [-0.2, 0) is 9.53 Å². The number of methoxy groups -OCH3 is 1. The summed E-state index contributed by atoms with van der Waals surface area (Å²) in [5.41, 5.74) is 0. The van der Waals surface area contributed by atoms with Crippen LogP contribution in [0.4, 0.5) is 0 Å². The summed E-state index contributed by atoms with van der Waals surface area (Å²) in [5, 5.41) is -0.393. The van der Waals surface area contributed by atoms with E-state index in [1.54, 1.807) is 0 Å². The smallest absolute Gasteiger partial charge is 0.250 e. The maximum absolute atomic E-state index is 10.5. The molecule has 60 valence electrons. The first kappa shape index (κ1) is 9.92. The molecule has 0 saturated heterocycles. The molecule has 10 heavy (non-hydrogen) atoms. The van der Waals surface area contributed by atoms with E-state index in [0.717, 1.165) is 19.3 Å². The van der Waals surface area contributed by atoms with Gasteiger partial charge < -0.3 is 4.74 Å². The number of rotatable bonds is 5. The molecule has 0 rings (SSSR count). The number of halogens is 1. The zero-order valence-corrected chi connectivity index (χ0v) is 7.15. The molecule has 0 aliphatic carbocycles. The Kier molecular flexibility index (Phi) is 5.64. The average molecular weight is 165 g/mol. The molecule has 0 aromatic rings. The van der Waals surface area contributed by atoms with Gasteiger partial charge in [0.25, 0.3) is 0 Å². The fraction of sp³-hybridized carbons (Fsp3) is 0.857. The summed E-state index contributed by atoms with van der Waals surface area (Å²) < 4.78 is 4.83. The Balaban J connectivity index is 3.50. The van der Waals surface area contributed by atoms with Gasteiger partial charge in [0.15, 0.2) is 0 Å². The van der Waals surface area contributed by atoms with Crippen molar-refractivity contribution in [2.24, 2.45) is 0 Å². The standard InChI is InChI=1S/C7H13ClO2/c1-3-4-5-6(10-2)7(8)9/h6H,3-5H2,1-2H3. The van der Waals surface area contributed by atoms with Crippen LogP contribution in [0.5, 0.6) is 0 Å². The number of unbranched alkanes of at least 4 members (excludes halogenated alkanes) is 1. The van der Waals surface area contributed by atoms with Gasteiger partial charge in [0.2, 0.25) is 5.24 Å². The van der Waals surface area contributed by atoms with E-state index in [4.69, 9.17) is 16.3 Å². The van der Waals surface area contributed by atoms with E-state index in [9.17, 15) is 4.79 Å². The van der Waals surface area contributed by atoms with Crippen LogP contribution in [0.15, 0.2) is 0 Å². The van der Waals surface area contributed by atoms with Crippen LogP contribution < -0.4 is 0 Å². The third kappa shape index (κ3) is 3.85. The van der Waals surface area contributed by atoms with Gasteiger partial charge in [0, 0.05) is 7.11 Å². The van der Waals surface area contributed by atoms with E-state index >= 15 is 0 Å². The lowest BCUT2D eigenvalue weighted by atomic mass is 10.2. The van der Waals surface area contributed by atoms with Gasteiger partial charge in [-0.2, -0.15) is 0 Å². The van der Waals surface area contributed by atoms with Crippen LogP contribution in [0.3, 0.4) is 0 Å². The number of carbonyl (C=O) groups is 1. The van der Waals surface area contributed by atoms with Crippen molar-refractivity contribution in [2.75, 3.05) is 7.11 Å². The van der Waals surface area contributed by atoms with Crippen LogP contribution in [0.1, 0.15) is 26.2 Å². The molecule has 0 aliphatic rings. The highest BCUT2D eigenvalue weighted by molar-refractivity contribution is 6.64. The summed E-state index contributed by atoms with van der Waals surface area (Å²) >= 11 is 5.22. The molecule has 0 saturated carbocycles. The number of ether oxygens (including phenoxy) is 1. The SMILES string of the molecule is CCCCC(OC)C(=O)Cl. The summed E-state index contributed by atoms with van der Waals surface area (Å²) in [6.07, 6.45) is 2.37. The third-order valence-corrected chi connectivity index (χ3v) is 1.60. The Labute approximate surface area is 66.5 Å². The van der Waals surface area contributed by atoms with E-state index in [0.29, 0.717) is 0 Å². The lowest BCUT2D eigenvalue weighted by molar-refractivity contribution is -0.121. The summed E-state index contributed by atoms with van der Waals surface area (Å²) in [4.78, 5) is 10.5. The second-order valence-electron chi connectivity index (χ2n) is 2.17. The van der Waals surface area contributed by atoms with Crippen molar-refractivity contribution >= 4 is 16.8 Å². The molecule has 0 bridgehead atoms. The largest absolute Gasteiger partial charge is 0.372 e. The van der Waals surface area contributed by atoms with Gasteiger partial charge in [-0.1, -0.05) is 19.8 Å². The maximum atomic E-state index is 10.5. The molecule has 0 aromatic carbocycles. The molecule has 0 aliphatic heterocycles. The minimum Gasteiger partial charge on any atom is -0.372 e. The van der Waals surface area contributed by atoms with Crippen molar-refractivity contribution < 1.29 is 9.53 Å². The molecule has 1 atom stereocenters.